The molecule has 0 atom stereocenters. The van der Waals surface area contributed by atoms with E-state index < -0.39 is 8.32 Å². The predicted molar refractivity (Wildman–Crippen MR) is 323 cm³/mol. The van der Waals surface area contributed by atoms with Crippen molar-refractivity contribution in [1.29, 1.82) is 10.5 Å². The average Bonchev–Trinajstić information content (AvgIpc) is 4.12. The molecule has 0 bridgehead atoms. The molecule has 2 aromatic heterocycles. The minimum Gasteiger partial charge on any atom is -0.490 e. The van der Waals surface area contributed by atoms with E-state index in [1.54, 1.807) is 30.3 Å². The summed E-state index contributed by atoms with van der Waals surface area (Å²) in [5.74, 6) is 2.74. The van der Waals surface area contributed by atoms with Gasteiger partial charge in [0.2, 0.25) is 0 Å². The molecule has 0 amide bonds. The summed E-state index contributed by atoms with van der Waals surface area (Å²) in [5.41, 5.74) is 12.5. The number of aldehydes is 2. The number of imidazole rings is 2. The second kappa shape index (κ2) is 30.4. The molecule has 0 saturated carbocycles. The molecule has 17 heteroatoms. The third kappa shape index (κ3) is 20.9. The highest BCUT2D eigenvalue weighted by atomic mass is 28.4. The number of nitrogens with zero attached hydrogens (tertiary/aromatic N) is 7. The van der Waals surface area contributed by atoms with Crippen molar-refractivity contribution in [3.05, 3.63) is 142 Å². The summed E-state index contributed by atoms with van der Waals surface area (Å²) in [7, 11) is 2.37. The first kappa shape index (κ1) is 67.9. The van der Waals surface area contributed by atoms with Gasteiger partial charge in [-0.25, -0.2) is 9.97 Å². The van der Waals surface area contributed by atoms with Crippen LogP contribution >= 0.6 is 0 Å². The number of ketones is 2. The van der Waals surface area contributed by atoms with Crippen molar-refractivity contribution in [3.63, 3.8) is 0 Å². The normalized spacial score (nSPS) is 11.5. The summed E-state index contributed by atoms with van der Waals surface area (Å²) in [6, 6.07) is 29.4. The Hall–Kier alpha value is -7.38. The number of nitrogens with two attached hydrogens (primary N) is 1. The molecule has 4 aromatic carbocycles. The lowest BCUT2D eigenvalue weighted by Gasteiger charge is -2.35. The number of aliphatic hydroxyl groups is 1. The predicted octanol–water partition coefficient (Wildman–Crippen LogP) is 11.6. The molecule has 0 aliphatic heterocycles. The SMILES string of the molecule is CC(C)(C)[Si](C)(C)OCC=O.CC(C)Oc1ccc(C(=O)CN(CCO)Cc2ccc(-c3cn(C)c(C(C)(C)C)n3)cc2)cc1C#N.CC(C)Oc1ccc(C(=O)CN)cc1C#N.Cn1cc(-c2ccc(C=O)cc2)nc1C(C)(C)C. The van der Waals surface area contributed by atoms with Crippen LogP contribution in [-0.2, 0) is 40.7 Å². The van der Waals surface area contributed by atoms with E-state index in [2.05, 4.69) is 95.6 Å². The first-order valence-electron chi connectivity index (χ1n) is 27.1. The Morgan fingerprint density at radius 1 is 0.704 bits per heavy atom. The molecule has 0 aliphatic carbocycles. The van der Waals surface area contributed by atoms with E-state index in [9.17, 15) is 29.5 Å². The van der Waals surface area contributed by atoms with Gasteiger partial charge < -0.3 is 38.7 Å². The molecular weight excluding hydrogens is 1040 g/mol. The fourth-order valence-corrected chi connectivity index (χ4v) is 8.82. The number of nitriles is 2. The van der Waals surface area contributed by atoms with Gasteiger partial charge in [0.1, 0.15) is 47.9 Å². The lowest BCUT2D eigenvalue weighted by Crippen LogP contribution is -2.41. The van der Waals surface area contributed by atoms with Crippen LogP contribution in [-0.4, -0.2) is 107 Å². The van der Waals surface area contributed by atoms with Gasteiger partial charge >= 0.3 is 0 Å². The highest BCUT2D eigenvalue weighted by molar-refractivity contribution is 6.74. The maximum absolute atomic E-state index is 13.0. The number of Topliss-reactive ketones (excluding diaryl/α,β-unsaturated/α-hetero) is 2. The van der Waals surface area contributed by atoms with Gasteiger partial charge in [0.25, 0.3) is 0 Å². The van der Waals surface area contributed by atoms with Crippen LogP contribution in [0.1, 0.15) is 149 Å². The van der Waals surface area contributed by atoms with Gasteiger partial charge in [0.05, 0.1) is 61.0 Å². The van der Waals surface area contributed by atoms with Crippen LogP contribution in [0.2, 0.25) is 18.1 Å². The van der Waals surface area contributed by atoms with Crippen molar-refractivity contribution in [2.75, 3.05) is 32.8 Å². The van der Waals surface area contributed by atoms with Crippen LogP contribution in [0.5, 0.6) is 11.5 Å². The number of aromatic nitrogens is 4. The lowest BCUT2D eigenvalue weighted by atomic mass is 9.96. The van der Waals surface area contributed by atoms with E-state index in [0.29, 0.717) is 52.4 Å². The number of benzene rings is 4. The third-order valence-corrected chi connectivity index (χ3v) is 17.5. The lowest BCUT2D eigenvalue weighted by molar-refractivity contribution is -0.109. The van der Waals surface area contributed by atoms with E-state index in [1.807, 2.05) is 114 Å². The number of aryl methyl sites for hydroxylation is 2. The summed E-state index contributed by atoms with van der Waals surface area (Å²) < 4.78 is 20.7. The van der Waals surface area contributed by atoms with Crippen molar-refractivity contribution in [2.24, 2.45) is 19.8 Å². The molecule has 6 rings (SSSR count). The van der Waals surface area contributed by atoms with Crippen LogP contribution in [0.15, 0.2) is 97.3 Å². The van der Waals surface area contributed by atoms with E-state index in [1.165, 1.54) is 6.07 Å². The molecule has 0 radical (unpaired) electrons. The number of rotatable bonds is 19. The monoisotopic (exact) mass is 1120 g/mol. The van der Waals surface area contributed by atoms with Gasteiger partial charge in [-0.05, 0) is 87.8 Å². The van der Waals surface area contributed by atoms with Gasteiger partial charge in [-0.15, -0.1) is 0 Å². The van der Waals surface area contributed by atoms with Crippen LogP contribution in [0.3, 0.4) is 0 Å². The summed E-state index contributed by atoms with van der Waals surface area (Å²) in [5, 5.41) is 28.2. The van der Waals surface area contributed by atoms with Crippen molar-refractivity contribution in [3.8, 4) is 46.2 Å². The Balaban J connectivity index is 0.000000319. The minimum absolute atomic E-state index is 0.0110. The fourth-order valence-electron chi connectivity index (χ4n) is 7.90. The largest absolute Gasteiger partial charge is 0.490 e. The van der Waals surface area contributed by atoms with Crippen LogP contribution in [0.25, 0.3) is 22.5 Å². The van der Waals surface area contributed by atoms with E-state index >= 15 is 0 Å². The Morgan fingerprint density at radius 3 is 1.48 bits per heavy atom. The van der Waals surface area contributed by atoms with Gasteiger partial charge in [-0.1, -0.05) is 111 Å². The van der Waals surface area contributed by atoms with Gasteiger partial charge in [0.15, 0.2) is 19.9 Å². The fraction of sp³-hybridized carbons (Fsp3) is 0.438. The molecule has 0 unspecified atom stereocenters. The number of hydrogen-bond acceptors (Lipinski definition) is 14. The molecule has 0 saturated heterocycles. The highest BCUT2D eigenvalue weighted by Crippen LogP contribution is 2.36. The molecule has 0 fully saturated rings. The molecule has 6 aromatic rings. The van der Waals surface area contributed by atoms with Gasteiger partial charge in [0, 0.05) is 78.2 Å². The number of carbonyl (C=O) groups excluding carboxylic acids is 4. The molecular formula is C64H86N8O8Si. The quantitative estimate of drug-likeness (QED) is 0.0437. The Morgan fingerprint density at radius 2 is 1.14 bits per heavy atom. The number of ether oxygens (including phenoxy) is 2. The Bertz CT molecular complexity index is 3110. The van der Waals surface area contributed by atoms with Crippen LogP contribution in [0, 0.1) is 22.7 Å². The molecule has 81 heavy (non-hydrogen) atoms. The third-order valence-electron chi connectivity index (χ3n) is 12.9. The van der Waals surface area contributed by atoms with Gasteiger partial charge in [-0.2, -0.15) is 10.5 Å². The van der Waals surface area contributed by atoms with Crippen LogP contribution in [0.4, 0.5) is 0 Å². The minimum atomic E-state index is -1.66. The first-order valence-corrected chi connectivity index (χ1v) is 30.0. The molecule has 0 spiro atoms. The maximum atomic E-state index is 13.0. The summed E-state index contributed by atoms with van der Waals surface area (Å²) in [6.07, 6.45) is 5.66. The molecule has 2 heterocycles. The first-order chi connectivity index (χ1) is 37.8. The zero-order valence-electron chi connectivity index (χ0n) is 50.8. The molecule has 16 nitrogen and oxygen atoms in total. The summed E-state index contributed by atoms with van der Waals surface area (Å²) in [6.45, 7) is 32.3. The standard InChI is InChI=1S/C29H36N4O3.C15H18N2O.C12H14N2O2.C8H18O2Si/c1-20(2)36-27-12-11-23(15-24(27)16-30)26(35)19-33(13-14-34)17-21-7-9-22(10-8-21)25-18-32(6)28(31-25)29(3,4)5;1-15(2,3)14-16-13(9-17(14)4)12-7-5-11(10-18)6-8-12;1-8(2)16-12-4-3-9(11(15)7-14)5-10(12)6-13;1-8(2,3)11(4,5)10-7-6-9/h7-12,15,18,20,34H,13-14,17,19H2,1-6H3;5-10H,1-4H3;3-5,8H,7,14H2,1-2H3;6H,7H2,1-5H3. The second-order valence-corrected chi connectivity index (χ2v) is 28.6. The smallest absolute Gasteiger partial charge is 0.192 e. The second-order valence-electron chi connectivity index (χ2n) is 23.8. The van der Waals surface area contributed by atoms with E-state index in [0.717, 1.165) is 52.3 Å². The average molecular weight is 1120 g/mol. The number of carbonyl (C=O) groups is 4. The zero-order valence-corrected chi connectivity index (χ0v) is 51.8. The van der Waals surface area contributed by atoms with Gasteiger partial charge in [-0.3, -0.25) is 19.3 Å². The Kier molecular flexibility index (Phi) is 25.5. The molecule has 434 valence electrons. The summed E-state index contributed by atoms with van der Waals surface area (Å²) >= 11 is 0. The number of hydrogen-bond donors (Lipinski definition) is 2. The molecule has 3 N–H and O–H groups in total. The van der Waals surface area contributed by atoms with Crippen molar-refractivity contribution in [2.45, 2.75) is 138 Å². The van der Waals surface area contributed by atoms with Crippen molar-refractivity contribution >= 4 is 32.5 Å². The van der Waals surface area contributed by atoms with Crippen molar-refractivity contribution in [1.82, 2.24) is 24.0 Å². The Labute approximate surface area is 482 Å². The summed E-state index contributed by atoms with van der Waals surface area (Å²) in [4.78, 5) is 56.4. The van der Waals surface area contributed by atoms with Crippen LogP contribution < -0.4 is 15.2 Å². The number of aliphatic hydroxyl groups excluding tert-OH is 1. The molecule has 0 aliphatic rings. The van der Waals surface area contributed by atoms with E-state index in [4.69, 9.17) is 29.9 Å². The van der Waals surface area contributed by atoms with E-state index in [-0.39, 0.29) is 65.9 Å². The topological polar surface area (TPSA) is 229 Å². The highest BCUT2D eigenvalue weighted by Gasteiger charge is 2.37. The van der Waals surface area contributed by atoms with Crippen molar-refractivity contribution < 1.29 is 38.2 Å². The zero-order chi connectivity index (χ0) is 61.0. The maximum Gasteiger partial charge on any atom is 0.192 e.